The molecule has 0 heterocycles. The molecule has 108 valence electrons. The number of hydrogen-bond donors (Lipinski definition) is 2. The van der Waals surface area contributed by atoms with Gasteiger partial charge in [-0.2, -0.15) is 0 Å². The fourth-order valence-electron chi connectivity index (χ4n) is 1.96. The van der Waals surface area contributed by atoms with Gasteiger partial charge in [0.1, 0.15) is 11.3 Å². The van der Waals surface area contributed by atoms with Gasteiger partial charge >= 0.3 is 5.69 Å². The minimum absolute atomic E-state index is 0.0208. The third kappa shape index (κ3) is 3.17. The van der Waals surface area contributed by atoms with Gasteiger partial charge in [0.05, 0.1) is 4.92 Å². The van der Waals surface area contributed by atoms with Crippen molar-refractivity contribution < 1.29 is 9.72 Å². The molecule has 1 amide bonds. The number of nitrogens with one attached hydrogen (secondary N) is 2. The van der Waals surface area contributed by atoms with E-state index in [0.29, 0.717) is 11.4 Å². The van der Waals surface area contributed by atoms with Crippen molar-refractivity contribution in [3.8, 4) is 0 Å². The van der Waals surface area contributed by atoms with Crippen molar-refractivity contribution in [3.05, 3.63) is 63.7 Å². The van der Waals surface area contributed by atoms with Crippen molar-refractivity contribution in [2.75, 3.05) is 17.7 Å². The molecule has 0 unspecified atom stereocenters. The van der Waals surface area contributed by atoms with Crippen molar-refractivity contribution in [1.82, 2.24) is 0 Å². The maximum Gasteiger partial charge on any atom is 0.305 e. The van der Waals surface area contributed by atoms with Gasteiger partial charge in [0.25, 0.3) is 5.91 Å². The number of hydrogen-bond acceptors (Lipinski definition) is 4. The van der Waals surface area contributed by atoms with E-state index >= 15 is 0 Å². The first-order valence-corrected chi connectivity index (χ1v) is 6.36. The van der Waals surface area contributed by atoms with E-state index < -0.39 is 10.8 Å². The molecule has 6 nitrogen and oxygen atoms in total. The maximum atomic E-state index is 12.2. The van der Waals surface area contributed by atoms with Crippen LogP contribution in [0.15, 0.2) is 42.5 Å². The van der Waals surface area contributed by atoms with E-state index in [9.17, 15) is 14.9 Å². The first-order valence-electron chi connectivity index (χ1n) is 6.36. The predicted octanol–water partition coefficient (Wildman–Crippen LogP) is 3.20. The smallest absolute Gasteiger partial charge is 0.305 e. The highest BCUT2D eigenvalue weighted by Gasteiger charge is 2.23. The zero-order chi connectivity index (χ0) is 15.4. The van der Waals surface area contributed by atoms with Crippen LogP contribution < -0.4 is 10.6 Å². The Labute approximate surface area is 121 Å². The van der Waals surface area contributed by atoms with Crippen molar-refractivity contribution in [3.63, 3.8) is 0 Å². The molecule has 0 saturated heterocycles. The number of carbonyl (C=O) groups is 1. The standard InChI is InChI=1S/C15H15N3O3/c1-10-6-8-11(9-7-10)17-15(19)12-4-3-5-13(16-2)14(12)18(20)21/h3-9,16H,1-2H3,(H,17,19). The summed E-state index contributed by atoms with van der Waals surface area (Å²) in [7, 11) is 1.57. The maximum absolute atomic E-state index is 12.2. The van der Waals surface area contributed by atoms with Gasteiger partial charge in [0.15, 0.2) is 0 Å². The molecule has 0 atom stereocenters. The van der Waals surface area contributed by atoms with Gasteiger partial charge in [-0.1, -0.05) is 23.8 Å². The lowest BCUT2D eigenvalue weighted by Crippen LogP contribution is -2.14. The summed E-state index contributed by atoms with van der Waals surface area (Å²) < 4.78 is 0. The van der Waals surface area contributed by atoms with Gasteiger partial charge in [0.2, 0.25) is 0 Å². The molecule has 2 aromatic carbocycles. The molecule has 0 radical (unpaired) electrons. The first kappa shape index (κ1) is 14.5. The summed E-state index contributed by atoms with van der Waals surface area (Å²) in [5.74, 6) is -0.511. The quantitative estimate of drug-likeness (QED) is 0.667. The minimum Gasteiger partial charge on any atom is -0.383 e. The van der Waals surface area contributed by atoms with Crippen LogP contribution in [0.1, 0.15) is 15.9 Å². The molecular weight excluding hydrogens is 270 g/mol. The fourth-order valence-corrected chi connectivity index (χ4v) is 1.96. The normalized spacial score (nSPS) is 10.0. The zero-order valence-corrected chi connectivity index (χ0v) is 11.7. The van der Waals surface area contributed by atoms with Crippen molar-refractivity contribution in [2.45, 2.75) is 6.92 Å². The number of amides is 1. The number of rotatable bonds is 4. The zero-order valence-electron chi connectivity index (χ0n) is 11.7. The SMILES string of the molecule is CNc1cccc(C(=O)Nc2ccc(C)cc2)c1[N+](=O)[O-]. The highest BCUT2D eigenvalue weighted by atomic mass is 16.6. The molecule has 0 spiro atoms. The molecule has 6 heteroatoms. The van der Waals surface area contributed by atoms with Crippen LogP contribution >= 0.6 is 0 Å². The summed E-state index contributed by atoms with van der Waals surface area (Å²) >= 11 is 0. The summed E-state index contributed by atoms with van der Waals surface area (Å²) in [5, 5.41) is 16.6. The summed E-state index contributed by atoms with van der Waals surface area (Å²) in [4.78, 5) is 22.9. The van der Waals surface area contributed by atoms with Crippen LogP contribution in [-0.4, -0.2) is 17.9 Å². The summed E-state index contributed by atoms with van der Waals surface area (Å²) in [6.07, 6.45) is 0. The third-order valence-electron chi connectivity index (χ3n) is 3.04. The van der Waals surface area contributed by atoms with Gasteiger partial charge in [-0.3, -0.25) is 14.9 Å². The van der Waals surface area contributed by atoms with Gasteiger partial charge in [0, 0.05) is 12.7 Å². The monoisotopic (exact) mass is 285 g/mol. The number of para-hydroxylation sites is 1. The van der Waals surface area contributed by atoms with Gasteiger partial charge in [-0.25, -0.2) is 0 Å². The van der Waals surface area contributed by atoms with E-state index in [0.717, 1.165) is 5.56 Å². The second kappa shape index (κ2) is 6.04. The Balaban J connectivity index is 2.35. The molecule has 2 aromatic rings. The molecule has 0 aliphatic carbocycles. The number of carbonyl (C=O) groups excluding carboxylic acids is 1. The summed E-state index contributed by atoms with van der Waals surface area (Å²) in [6.45, 7) is 1.94. The molecule has 2 rings (SSSR count). The average molecular weight is 285 g/mol. The molecule has 0 aromatic heterocycles. The number of nitro benzene ring substituents is 1. The first-order chi connectivity index (χ1) is 10.0. The lowest BCUT2D eigenvalue weighted by atomic mass is 10.1. The molecule has 0 saturated carbocycles. The molecule has 0 fully saturated rings. The topological polar surface area (TPSA) is 84.3 Å². The Hall–Kier alpha value is -2.89. The predicted molar refractivity (Wildman–Crippen MR) is 81.8 cm³/mol. The Morgan fingerprint density at radius 2 is 1.81 bits per heavy atom. The van der Waals surface area contributed by atoms with Gasteiger partial charge in [-0.05, 0) is 31.2 Å². The van der Waals surface area contributed by atoms with E-state index in [2.05, 4.69) is 10.6 Å². The molecule has 0 aliphatic heterocycles. The number of anilines is 2. The van der Waals surface area contributed by atoms with E-state index in [1.165, 1.54) is 6.07 Å². The molecule has 21 heavy (non-hydrogen) atoms. The third-order valence-corrected chi connectivity index (χ3v) is 3.04. The summed E-state index contributed by atoms with van der Waals surface area (Å²) in [5.41, 5.74) is 1.75. The minimum atomic E-state index is -0.560. The second-order valence-electron chi connectivity index (χ2n) is 4.53. The molecule has 2 N–H and O–H groups in total. The number of aryl methyl sites for hydroxylation is 1. The lowest BCUT2D eigenvalue weighted by Gasteiger charge is -2.08. The fraction of sp³-hybridized carbons (Fsp3) is 0.133. The van der Waals surface area contributed by atoms with Crippen LogP contribution in [0.4, 0.5) is 17.1 Å². The van der Waals surface area contributed by atoms with Crippen LogP contribution in [0.2, 0.25) is 0 Å². The van der Waals surface area contributed by atoms with Crippen molar-refractivity contribution in [2.24, 2.45) is 0 Å². The Kier molecular flexibility index (Phi) is 4.18. The van der Waals surface area contributed by atoms with Crippen LogP contribution in [0, 0.1) is 17.0 Å². The van der Waals surface area contributed by atoms with E-state index in [4.69, 9.17) is 0 Å². The lowest BCUT2D eigenvalue weighted by molar-refractivity contribution is -0.384. The molecule has 0 aliphatic rings. The van der Waals surface area contributed by atoms with Crippen LogP contribution in [-0.2, 0) is 0 Å². The highest BCUT2D eigenvalue weighted by Crippen LogP contribution is 2.28. The van der Waals surface area contributed by atoms with Gasteiger partial charge in [-0.15, -0.1) is 0 Å². The molecule has 0 bridgehead atoms. The highest BCUT2D eigenvalue weighted by molar-refractivity contribution is 6.08. The van der Waals surface area contributed by atoms with Crippen LogP contribution in [0.25, 0.3) is 0 Å². The van der Waals surface area contributed by atoms with E-state index in [1.54, 1.807) is 31.3 Å². The van der Waals surface area contributed by atoms with Crippen molar-refractivity contribution in [1.29, 1.82) is 0 Å². The van der Waals surface area contributed by atoms with Gasteiger partial charge < -0.3 is 10.6 Å². The van der Waals surface area contributed by atoms with Crippen molar-refractivity contribution >= 4 is 23.0 Å². The van der Waals surface area contributed by atoms with E-state index in [1.807, 2.05) is 19.1 Å². The Morgan fingerprint density at radius 3 is 2.38 bits per heavy atom. The van der Waals surface area contributed by atoms with Crippen LogP contribution in [0.5, 0.6) is 0 Å². The average Bonchev–Trinajstić information content (AvgIpc) is 2.48. The number of nitro groups is 1. The molecular formula is C15H15N3O3. The Bertz CT molecular complexity index is 681. The largest absolute Gasteiger partial charge is 0.383 e. The number of nitrogens with zero attached hydrogens (tertiary/aromatic N) is 1. The van der Waals surface area contributed by atoms with Crippen LogP contribution in [0.3, 0.4) is 0 Å². The van der Waals surface area contributed by atoms with E-state index in [-0.39, 0.29) is 11.3 Å². The number of benzene rings is 2. The Morgan fingerprint density at radius 1 is 1.14 bits per heavy atom. The second-order valence-corrected chi connectivity index (χ2v) is 4.53. The summed E-state index contributed by atoms with van der Waals surface area (Å²) in [6, 6.07) is 11.8.